The molecular weight excluding hydrogens is 520 g/mol. The van der Waals surface area contributed by atoms with E-state index in [4.69, 9.17) is 14.7 Å². The number of ether oxygens (including phenoxy) is 1. The number of nitrogens with one attached hydrogen (secondary N) is 1. The van der Waals surface area contributed by atoms with Crippen LogP contribution in [0.5, 0.6) is 0 Å². The van der Waals surface area contributed by atoms with Gasteiger partial charge in [0.25, 0.3) is 0 Å². The molecule has 3 aromatic heterocycles. The van der Waals surface area contributed by atoms with Gasteiger partial charge in [-0.15, -0.1) is 11.3 Å². The van der Waals surface area contributed by atoms with Gasteiger partial charge in [0.1, 0.15) is 0 Å². The van der Waals surface area contributed by atoms with Gasteiger partial charge in [0.15, 0.2) is 11.6 Å². The molecule has 1 atom stereocenters. The Bertz CT molecular complexity index is 1540. The van der Waals surface area contributed by atoms with Crippen LogP contribution in [0.1, 0.15) is 24.1 Å². The molecule has 1 aromatic carbocycles. The summed E-state index contributed by atoms with van der Waals surface area (Å²) in [7, 11) is -1.53. The molecule has 6 rings (SSSR count). The van der Waals surface area contributed by atoms with Gasteiger partial charge in [0.05, 0.1) is 29.7 Å². The average molecular weight is 555 g/mol. The van der Waals surface area contributed by atoms with Gasteiger partial charge in [0, 0.05) is 66.8 Å². The number of piperidine rings is 1. The van der Waals surface area contributed by atoms with Gasteiger partial charge < -0.3 is 14.6 Å². The quantitative estimate of drug-likeness (QED) is 0.370. The van der Waals surface area contributed by atoms with Crippen molar-refractivity contribution in [3.05, 3.63) is 41.4 Å². The predicted molar refractivity (Wildman–Crippen MR) is 153 cm³/mol. The van der Waals surface area contributed by atoms with Crippen LogP contribution < -0.4 is 4.90 Å². The second kappa shape index (κ2) is 10.5. The summed E-state index contributed by atoms with van der Waals surface area (Å²) >= 11 is 1.76. The molecule has 1 unspecified atom stereocenters. The Kier molecular flexibility index (Phi) is 7.12. The number of nitrogens with zero attached hydrogens (tertiary/aromatic N) is 5. The number of fused-ring (bicyclic) bond motifs is 2. The number of aromatic nitrogens is 3. The zero-order chi connectivity index (χ0) is 26.3. The van der Waals surface area contributed by atoms with E-state index in [1.165, 1.54) is 15.4 Å². The zero-order valence-electron chi connectivity index (χ0n) is 21.9. The number of hydrogen-bond donors (Lipinski definition) is 1. The Labute approximate surface area is 227 Å². The summed E-state index contributed by atoms with van der Waals surface area (Å²) in [6, 6.07) is 10.7. The fourth-order valence-electron chi connectivity index (χ4n) is 5.54. The number of morpholine rings is 1. The minimum absolute atomic E-state index is 0.209. The van der Waals surface area contributed by atoms with Crippen molar-refractivity contribution in [3.8, 4) is 11.4 Å². The van der Waals surface area contributed by atoms with Crippen LogP contribution in [0, 0.1) is 0 Å². The van der Waals surface area contributed by atoms with Crippen LogP contribution >= 0.6 is 11.3 Å². The standard InChI is InChI=1S/C27H34N6O3S2/c1-31(38(2,34)35)17-19-6-3-4-11-33(19)18-20-16-24-25(37-20)27(32-12-14-36-15-13-32)30-26(29-24)22-7-5-8-23-21(22)9-10-28-23/h5,7-10,16,19,28H,3-4,6,11-15,17-18H2,1-2H3. The van der Waals surface area contributed by atoms with Crippen molar-refractivity contribution in [2.75, 3.05) is 57.6 Å². The van der Waals surface area contributed by atoms with E-state index in [-0.39, 0.29) is 6.04 Å². The van der Waals surface area contributed by atoms with Crippen LogP contribution in [-0.4, -0.2) is 91.3 Å². The van der Waals surface area contributed by atoms with Gasteiger partial charge in [-0.25, -0.2) is 22.7 Å². The van der Waals surface area contributed by atoms with E-state index in [0.29, 0.717) is 19.8 Å². The van der Waals surface area contributed by atoms with Gasteiger partial charge in [-0.3, -0.25) is 4.90 Å². The number of likely N-dealkylation sites (N-methyl/N-ethyl adjacent to an activating group) is 1. The molecule has 5 heterocycles. The molecule has 1 N–H and O–H groups in total. The molecule has 0 aliphatic carbocycles. The average Bonchev–Trinajstić information content (AvgIpc) is 3.56. The Morgan fingerprint density at radius 1 is 1.16 bits per heavy atom. The lowest BCUT2D eigenvalue weighted by Gasteiger charge is -2.37. The number of rotatable bonds is 7. The van der Waals surface area contributed by atoms with E-state index in [1.807, 2.05) is 12.3 Å². The molecule has 2 fully saturated rings. The van der Waals surface area contributed by atoms with Gasteiger partial charge >= 0.3 is 0 Å². The summed E-state index contributed by atoms with van der Waals surface area (Å²) in [5, 5.41) is 1.11. The molecule has 11 heteroatoms. The fourth-order valence-corrected chi connectivity index (χ4v) is 7.12. The van der Waals surface area contributed by atoms with Crippen molar-refractivity contribution in [1.29, 1.82) is 0 Å². The maximum Gasteiger partial charge on any atom is 0.211 e. The molecule has 2 aliphatic heterocycles. The number of benzene rings is 1. The first-order chi connectivity index (χ1) is 18.4. The molecule has 2 saturated heterocycles. The van der Waals surface area contributed by atoms with Crippen molar-refractivity contribution in [2.45, 2.75) is 31.8 Å². The highest BCUT2D eigenvalue weighted by atomic mass is 32.2. The second-order valence-corrected chi connectivity index (χ2v) is 13.5. The minimum Gasteiger partial charge on any atom is -0.378 e. The highest BCUT2D eigenvalue weighted by Crippen LogP contribution is 2.37. The summed E-state index contributed by atoms with van der Waals surface area (Å²) < 4.78 is 32.4. The highest BCUT2D eigenvalue weighted by molar-refractivity contribution is 7.88. The largest absolute Gasteiger partial charge is 0.378 e. The number of anilines is 1. The number of hydrogen-bond acceptors (Lipinski definition) is 8. The molecule has 38 heavy (non-hydrogen) atoms. The van der Waals surface area contributed by atoms with Crippen molar-refractivity contribution >= 4 is 48.3 Å². The fraction of sp³-hybridized carbons (Fsp3) is 0.481. The predicted octanol–water partition coefficient (Wildman–Crippen LogP) is 3.92. The summed E-state index contributed by atoms with van der Waals surface area (Å²) in [6.45, 7) is 5.27. The van der Waals surface area contributed by atoms with Crippen LogP contribution in [0.2, 0.25) is 0 Å². The third-order valence-corrected chi connectivity index (χ3v) is 10.1. The van der Waals surface area contributed by atoms with Gasteiger partial charge in [-0.2, -0.15) is 0 Å². The maximum atomic E-state index is 12.1. The first kappa shape index (κ1) is 25.7. The lowest BCUT2D eigenvalue weighted by molar-refractivity contribution is 0.122. The van der Waals surface area contributed by atoms with Crippen LogP contribution in [0.4, 0.5) is 5.82 Å². The number of likely N-dealkylation sites (tertiary alicyclic amines) is 1. The third-order valence-electron chi connectivity index (χ3n) is 7.69. The smallest absolute Gasteiger partial charge is 0.211 e. The number of thiophene rings is 1. The molecule has 202 valence electrons. The molecule has 2 aliphatic rings. The van der Waals surface area contributed by atoms with Crippen LogP contribution in [0.15, 0.2) is 36.5 Å². The van der Waals surface area contributed by atoms with E-state index in [0.717, 1.165) is 83.8 Å². The SMILES string of the molecule is CN(CC1CCCCN1Cc1cc2nc(-c3cccc4[nH]ccc34)nc(N3CCOCC3)c2s1)S(C)(=O)=O. The Morgan fingerprint density at radius 2 is 2.00 bits per heavy atom. The third kappa shape index (κ3) is 5.17. The lowest BCUT2D eigenvalue weighted by atomic mass is 10.0. The van der Waals surface area contributed by atoms with Gasteiger partial charge in [0.2, 0.25) is 10.0 Å². The van der Waals surface area contributed by atoms with Crippen molar-refractivity contribution in [1.82, 2.24) is 24.2 Å². The molecule has 0 bridgehead atoms. The summed E-state index contributed by atoms with van der Waals surface area (Å²) in [4.78, 5) is 19.5. The summed E-state index contributed by atoms with van der Waals surface area (Å²) in [5.74, 6) is 1.71. The van der Waals surface area contributed by atoms with E-state index < -0.39 is 10.0 Å². The topological polar surface area (TPSA) is 94.7 Å². The van der Waals surface area contributed by atoms with Crippen LogP contribution in [0.25, 0.3) is 32.5 Å². The number of aromatic amines is 1. The Morgan fingerprint density at radius 3 is 2.82 bits per heavy atom. The van der Waals surface area contributed by atoms with E-state index in [2.05, 4.69) is 39.0 Å². The van der Waals surface area contributed by atoms with Crippen molar-refractivity contribution < 1.29 is 13.2 Å². The Balaban J connectivity index is 1.37. The van der Waals surface area contributed by atoms with Crippen LogP contribution in [-0.2, 0) is 21.3 Å². The Hall–Kier alpha value is -2.57. The molecule has 4 aromatic rings. The van der Waals surface area contributed by atoms with Crippen molar-refractivity contribution in [3.63, 3.8) is 0 Å². The lowest BCUT2D eigenvalue weighted by Crippen LogP contribution is -2.46. The molecule has 0 amide bonds. The number of sulfonamides is 1. The van der Waals surface area contributed by atoms with Gasteiger partial charge in [-0.05, 0) is 37.6 Å². The molecular formula is C27H34N6O3S2. The highest BCUT2D eigenvalue weighted by Gasteiger charge is 2.27. The van der Waals surface area contributed by atoms with Crippen LogP contribution in [0.3, 0.4) is 0 Å². The number of H-pyrrole nitrogens is 1. The minimum atomic E-state index is -3.21. The summed E-state index contributed by atoms with van der Waals surface area (Å²) in [5.41, 5.74) is 3.05. The molecule has 9 nitrogen and oxygen atoms in total. The normalized spacial score (nSPS) is 19.7. The summed E-state index contributed by atoms with van der Waals surface area (Å²) in [6.07, 6.45) is 6.51. The molecule has 0 spiro atoms. The maximum absolute atomic E-state index is 12.1. The first-order valence-corrected chi connectivity index (χ1v) is 15.9. The molecule has 0 saturated carbocycles. The van der Waals surface area contributed by atoms with E-state index in [9.17, 15) is 8.42 Å². The second-order valence-electron chi connectivity index (χ2n) is 10.3. The van der Waals surface area contributed by atoms with Crippen molar-refractivity contribution in [2.24, 2.45) is 0 Å². The monoisotopic (exact) mass is 554 g/mol. The zero-order valence-corrected chi connectivity index (χ0v) is 23.5. The van der Waals surface area contributed by atoms with Gasteiger partial charge in [-0.1, -0.05) is 18.6 Å². The van der Waals surface area contributed by atoms with E-state index in [1.54, 1.807) is 18.4 Å². The van der Waals surface area contributed by atoms with E-state index >= 15 is 0 Å². The molecule has 0 radical (unpaired) electrons. The first-order valence-electron chi connectivity index (χ1n) is 13.2.